The summed E-state index contributed by atoms with van der Waals surface area (Å²) < 4.78 is 2.05. The molecule has 2 heterocycles. The standard InChI is InChI=1S/C17H12N2O/c20-16-9-8-13(12-4-1-2-5-14(12)16)15-6-3-7-17-18-10-11-19(15)17/h1-11,20H. The molecular formula is C17H12N2O. The van der Waals surface area contributed by atoms with Gasteiger partial charge in [0.05, 0.1) is 5.69 Å². The lowest BCUT2D eigenvalue weighted by Gasteiger charge is -2.10. The van der Waals surface area contributed by atoms with Gasteiger partial charge in [0.2, 0.25) is 0 Å². The molecule has 1 N–H and O–H groups in total. The highest BCUT2D eigenvalue weighted by atomic mass is 16.3. The largest absolute Gasteiger partial charge is 0.507 e. The van der Waals surface area contributed by atoms with Crippen LogP contribution in [0.15, 0.2) is 67.0 Å². The van der Waals surface area contributed by atoms with E-state index in [9.17, 15) is 5.11 Å². The number of hydrogen-bond donors (Lipinski definition) is 1. The Bertz CT molecular complexity index is 924. The van der Waals surface area contributed by atoms with Crippen molar-refractivity contribution in [2.24, 2.45) is 0 Å². The van der Waals surface area contributed by atoms with E-state index in [1.54, 1.807) is 12.3 Å². The molecule has 0 fully saturated rings. The quantitative estimate of drug-likeness (QED) is 0.564. The molecule has 0 aliphatic rings. The van der Waals surface area contributed by atoms with Gasteiger partial charge in [-0.15, -0.1) is 0 Å². The third kappa shape index (κ3) is 1.50. The van der Waals surface area contributed by atoms with Gasteiger partial charge < -0.3 is 5.11 Å². The van der Waals surface area contributed by atoms with E-state index in [-0.39, 0.29) is 0 Å². The number of aromatic hydroxyl groups is 1. The number of aromatic nitrogens is 2. The van der Waals surface area contributed by atoms with E-state index in [1.165, 1.54) is 0 Å². The smallest absolute Gasteiger partial charge is 0.137 e. The van der Waals surface area contributed by atoms with E-state index in [0.717, 1.165) is 27.7 Å². The van der Waals surface area contributed by atoms with Gasteiger partial charge in [-0.1, -0.05) is 30.3 Å². The zero-order chi connectivity index (χ0) is 13.5. The molecule has 0 aliphatic heterocycles. The molecule has 2 aromatic carbocycles. The molecule has 0 aliphatic carbocycles. The summed E-state index contributed by atoms with van der Waals surface area (Å²) in [6.45, 7) is 0. The van der Waals surface area contributed by atoms with Crippen LogP contribution in [-0.2, 0) is 0 Å². The van der Waals surface area contributed by atoms with Gasteiger partial charge in [-0.25, -0.2) is 4.98 Å². The molecule has 96 valence electrons. The van der Waals surface area contributed by atoms with Crippen LogP contribution in [0.3, 0.4) is 0 Å². The molecule has 20 heavy (non-hydrogen) atoms. The van der Waals surface area contributed by atoms with Gasteiger partial charge in [0.1, 0.15) is 11.4 Å². The fourth-order valence-corrected chi connectivity index (χ4v) is 2.67. The summed E-state index contributed by atoms with van der Waals surface area (Å²) >= 11 is 0. The summed E-state index contributed by atoms with van der Waals surface area (Å²) in [5, 5.41) is 11.9. The number of pyridine rings is 1. The predicted octanol–water partition coefficient (Wildman–Crippen LogP) is 3.86. The Morgan fingerprint density at radius 1 is 0.850 bits per heavy atom. The maximum absolute atomic E-state index is 10.00. The molecule has 3 heteroatoms. The minimum absolute atomic E-state index is 0.308. The topological polar surface area (TPSA) is 37.5 Å². The van der Waals surface area contributed by atoms with Crippen LogP contribution in [0.4, 0.5) is 0 Å². The molecule has 0 saturated carbocycles. The number of benzene rings is 2. The molecule has 4 aromatic rings. The first kappa shape index (κ1) is 11.1. The van der Waals surface area contributed by atoms with Crippen molar-refractivity contribution >= 4 is 16.4 Å². The zero-order valence-electron chi connectivity index (χ0n) is 10.7. The molecule has 0 bridgehead atoms. The molecule has 2 aromatic heterocycles. The number of phenolic OH excluding ortho intramolecular Hbond substituents is 1. The maximum Gasteiger partial charge on any atom is 0.137 e. The molecule has 3 nitrogen and oxygen atoms in total. The van der Waals surface area contributed by atoms with Crippen molar-refractivity contribution in [3.63, 3.8) is 0 Å². The maximum atomic E-state index is 10.00. The van der Waals surface area contributed by atoms with Crippen LogP contribution in [0.1, 0.15) is 0 Å². The molecular weight excluding hydrogens is 248 g/mol. The third-order valence-electron chi connectivity index (χ3n) is 3.61. The van der Waals surface area contributed by atoms with Crippen LogP contribution in [0, 0.1) is 0 Å². The first-order valence-corrected chi connectivity index (χ1v) is 6.48. The van der Waals surface area contributed by atoms with Gasteiger partial charge in [-0.3, -0.25) is 4.40 Å². The van der Waals surface area contributed by atoms with E-state index in [0.29, 0.717) is 5.75 Å². The van der Waals surface area contributed by atoms with Crippen LogP contribution in [0.2, 0.25) is 0 Å². The highest BCUT2D eigenvalue weighted by Gasteiger charge is 2.09. The lowest BCUT2D eigenvalue weighted by Crippen LogP contribution is -1.91. The summed E-state index contributed by atoms with van der Waals surface area (Å²) in [6.07, 6.45) is 3.74. The van der Waals surface area contributed by atoms with Gasteiger partial charge in [-0.2, -0.15) is 0 Å². The minimum atomic E-state index is 0.308. The number of nitrogens with zero attached hydrogens (tertiary/aromatic N) is 2. The average Bonchev–Trinajstić information content (AvgIpc) is 2.97. The lowest BCUT2D eigenvalue weighted by atomic mass is 10.0. The fourth-order valence-electron chi connectivity index (χ4n) is 2.67. The van der Waals surface area contributed by atoms with Crippen molar-refractivity contribution < 1.29 is 5.11 Å². The summed E-state index contributed by atoms with van der Waals surface area (Å²) in [6, 6.07) is 17.6. The van der Waals surface area contributed by atoms with Crippen molar-refractivity contribution in [2.75, 3.05) is 0 Å². The number of rotatable bonds is 1. The normalized spacial score (nSPS) is 11.2. The van der Waals surface area contributed by atoms with Gasteiger partial charge in [0.15, 0.2) is 0 Å². The van der Waals surface area contributed by atoms with E-state index >= 15 is 0 Å². The highest BCUT2D eigenvalue weighted by molar-refractivity contribution is 5.99. The van der Waals surface area contributed by atoms with Crippen molar-refractivity contribution in [3.05, 3.63) is 67.0 Å². The number of phenols is 1. The summed E-state index contributed by atoms with van der Waals surface area (Å²) in [4.78, 5) is 4.32. The van der Waals surface area contributed by atoms with Crippen molar-refractivity contribution in [1.29, 1.82) is 0 Å². The molecule has 0 amide bonds. The Morgan fingerprint density at radius 3 is 2.60 bits per heavy atom. The van der Waals surface area contributed by atoms with Crippen molar-refractivity contribution in [3.8, 4) is 17.0 Å². The van der Waals surface area contributed by atoms with Gasteiger partial charge >= 0.3 is 0 Å². The van der Waals surface area contributed by atoms with Crippen LogP contribution in [-0.4, -0.2) is 14.5 Å². The first-order valence-electron chi connectivity index (χ1n) is 6.48. The predicted molar refractivity (Wildman–Crippen MR) is 79.8 cm³/mol. The lowest BCUT2D eigenvalue weighted by molar-refractivity contribution is 0.481. The monoisotopic (exact) mass is 260 g/mol. The second-order valence-corrected chi connectivity index (χ2v) is 4.74. The van der Waals surface area contributed by atoms with Crippen LogP contribution in [0.25, 0.3) is 27.7 Å². The average molecular weight is 260 g/mol. The molecule has 0 radical (unpaired) electrons. The third-order valence-corrected chi connectivity index (χ3v) is 3.61. The second-order valence-electron chi connectivity index (χ2n) is 4.74. The van der Waals surface area contributed by atoms with E-state index < -0.39 is 0 Å². The minimum Gasteiger partial charge on any atom is -0.507 e. The number of fused-ring (bicyclic) bond motifs is 2. The zero-order valence-corrected chi connectivity index (χ0v) is 10.7. The second kappa shape index (κ2) is 4.10. The van der Waals surface area contributed by atoms with Gasteiger partial charge in [0, 0.05) is 23.3 Å². The van der Waals surface area contributed by atoms with E-state index in [4.69, 9.17) is 0 Å². The Morgan fingerprint density at radius 2 is 1.70 bits per heavy atom. The molecule has 4 rings (SSSR count). The van der Waals surface area contributed by atoms with Crippen LogP contribution >= 0.6 is 0 Å². The Balaban J connectivity index is 2.13. The highest BCUT2D eigenvalue weighted by Crippen LogP contribution is 2.33. The summed E-state index contributed by atoms with van der Waals surface area (Å²) in [5.41, 5.74) is 3.07. The van der Waals surface area contributed by atoms with Crippen LogP contribution < -0.4 is 0 Å². The van der Waals surface area contributed by atoms with Crippen molar-refractivity contribution in [1.82, 2.24) is 9.38 Å². The Kier molecular flexibility index (Phi) is 2.27. The van der Waals surface area contributed by atoms with Crippen LogP contribution in [0.5, 0.6) is 5.75 Å². The first-order chi connectivity index (χ1) is 9.84. The molecule has 0 saturated heterocycles. The summed E-state index contributed by atoms with van der Waals surface area (Å²) in [7, 11) is 0. The number of hydrogen-bond acceptors (Lipinski definition) is 2. The number of imidazole rings is 1. The molecule has 0 atom stereocenters. The molecule has 0 spiro atoms. The SMILES string of the molecule is Oc1ccc(-c2cccc3nccn23)c2ccccc12. The van der Waals surface area contributed by atoms with E-state index in [2.05, 4.69) is 15.5 Å². The molecule has 0 unspecified atom stereocenters. The Hall–Kier alpha value is -2.81. The Labute approximate surface area is 115 Å². The van der Waals surface area contributed by atoms with Gasteiger partial charge in [-0.05, 0) is 29.7 Å². The summed E-state index contributed by atoms with van der Waals surface area (Å²) in [5.74, 6) is 0.308. The van der Waals surface area contributed by atoms with Crippen molar-refractivity contribution in [2.45, 2.75) is 0 Å². The fraction of sp³-hybridized carbons (Fsp3) is 0. The van der Waals surface area contributed by atoms with E-state index in [1.807, 2.05) is 48.7 Å². The van der Waals surface area contributed by atoms with Gasteiger partial charge in [0.25, 0.3) is 0 Å².